The number of rotatable bonds is 9. The second-order valence-electron chi connectivity index (χ2n) is 8.18. The predicted molar refractivity (Wildman–Crippen MR) is 134 cm³/mol. The molecule has 3 heterocycles. The number of ether oxygens (including phenoxy) is 1. The average Bonchev–Trinajstić information content (AvgIpc) is 3.54. The van der Waals surface area contributed by atoms with Gasteiger partial charge < -0.3 is 15.2 Å². The van der Waals surface area contributed by atoms with Crippen molar-refractivity contribution in [1.82, 2.24) is 29.5 Å². The van der Waals surface area contributed by atoms with Gasteiger partial charge in [0.1, 0.15) is 5.82 Å². The highest BCUT2D eigenvalue weighted by atomic mass is 35.5. The van der Waals surface area contributed by atoms with Crippen LogP contribution in [0.3, 0.4) is 0 Å². The van der Waals surface area contributed by atoms with Gasteiger partial charge >= 0.3 is 5.97 Å². The van der Waals surface area contributed by atoms with Crippen LogP contribution in [0.15, 0.2) is 61.1 Å². The summed E-state index contributed by atoms with van der Waals surface area (Å²) < 4.78 is 23.3. The standard InChI is InChI=1S/C25H21ClFN7O3/c1-37-20-8-7-19(26)17(21(20)27)11-28-22-18-14-34(32-23(18)31-24(30-22)25(35)36)13-16-5-3-15(4-6-16)12-33-10-2-9-29-33/h2-10,14H,11-13H2,1H3,(H,35,36)(H,28,30,31,32). The lowest BCUT2D eigenvalue weighted by Crippen LogP contribution is -2.10. The van der Waals surface area contributed by atoms with Crippen LogP contribution < -0.4 is 10.1 Å². The highest BCUT2D eigenvalue weighted by Crippen LogP contribution is 2.29. The van der Waals surface area contributed by atoms with Crippen molar-refractivity contribution < 1.29 is 19.0 Å². The molecule has 0 bridgehead atoms. The molecule has 3 aromatic heterocycles. The Morgan fingerprint density at radius 1 is 1.11 bits per heavy atom. The highest BCUT2D eigenvalue weighted by Gasteiger charge is 2.18. The molecule has 0 unspecified atom stereocenters. The molecule has 12 heteroatoms. The molecule has 5 rings (SSSR count). The van der Waals surface area contributed by atoms with Gasteiger partial charge in [-0.25, -0.2) is 14.2 Å². The van der Waals surface area contributed by atoms with Gasteiger partial charge in [0, 0.05) is 35.7 Å². The fraction of sp³-hybridized carbons (Fsp3) is 0.160. The number of carboxylic acid groups (broad SMARTS) is 1. The molecule has 0 radical (unpaired) electrons. The van der Waals surface area contributed by atoms with Crippen LogP contribution in [0.4, 0.5) is 10.2 Å². The summed E-state index contributed by atoms with van der Waals surface area (Å²) in [4.78, 5) is 19.8. The van der Waals surface area contributed by atoms with Gasteiger partial charge in [-0.1, -0.05) is 35.9 Å². The van der Waals surface area contributed by atoms with Crippen molar-refractivity contribution in [3.63, 3.8) is 0 Å². The molecular formula is C25H21ClFN7O3. The van der Waals surface area contributed by atoms with E-state index in [0.29, 0.717) is 18.5 Å². The van der Waals surface area contributed by atoms with Crippen LogP contribution in [0, 0.1) is 5.82 Å². The average molecular weight is 522 g/mol. The first-order valence-corrected chi connectivity index (χ1v) is 11.6. The van der Waals surface area contributed by atoms with E-state index in [1.807, 2.05) is 41.2 Å². The van der Waals surface area contributed by atoms with Crippen LogP contribution in [0.2, 0.25) is 5.02 Å². The van der Waals surface area contributed by atoms with Crippen molar-refractivity contribution in [1.29, 1.82) is 0 Å². The molecular weight excluding hydrogens is 501 g/mol. The molecule has 0 aliphatic rings. The molecule has 188 valence electrons. The Labute approximate surface area is 215 Å². The molecule has 0 atom stereocenters. The van der Waals surface area contributed by atoms with Crippen molar-refractivity contribution >= 4 is 34.4 Å². The first kappa shape index (κ1) is 24.2. The summed E-state index contributed by atoms with van der Waals surface area (Å²) in [5.41, 5.74) is 2.45. The van der Waals surface area contributed by atoms with Crippen molar-refractivity contribution in [2.24, 2.45) is 0 Å². The van der Waals surface area contributed by atoms with Gasteiger partial charge in [0.2, 0.25) is 5.82 Å². The SMILES string of the molecule is COc1ccc(Cl)c(CNc2nc(C(=O)O)nc3nn(Cc4ccc(Cn5cccn5)cc4)cc23)c1F. The smallest absolute Gasteiger partial charge is 0.374 e. The summed E-state index contributed by atoms with van der Waals surface area (Å²) in [5, 5.41) is 21.8. The molecule has 10 nitrogen and oxygen atoms in total. The molecule has 5 aromatic rings. The molecule has 37 heavy (non-hydrogen) atoms. The predicted octanol–water partition coefficient (Wildman–Crippen LogP) is 4.23. The summed E-state index contributed by atoms with van der Waals surface area (Å²) >= 11 is 6.19. The Hall–Kier alpha value is -4.51. The minimum Gasteiger partial charge on any atom is -0.494 e. The van der Waals surface area contributed by atoms with E-state index in [9.17, 15) is 14.3 Å². The molecule has 0 fully saturated rings. The third kappa shape index (κ3) is 5.21. The molecule has 0 aliphatic heterocycles. The van der Waals surface area contributed by atoms with E-state index < -0.39 is 17.6 Å². The quantitative estimate of drug-likeness (QED) is 0.296. The largest absolute Gasteiger partial charge is 0.494 e. The minimum absolute atomic E-state index is 0.0451. The number of nitrogens with one attached hydrogen (secondary N) is 1. The molecule has 2 N–H and O–H groups in total. The molecule has 0 saturated carbocycles. The van der Waals surface area contributed by atoms with E-state index >= 15 is 0 Å². The van der Waals surface area contributed by atoms with Gasteiger partial charge in [0.05, 0.1) is 25.6 Å². The summed E-state index contributed by atoms with van der Waals surface area (Å²) in [6, 6.07) is 12.8. The lowest BCUT2D eigenvalue weighted by atomic mass is 10.1. The van der Waals surface area contributed by atoms with Crippen molar-refractivity contribution in [3.05, 3.63) is 94.4 Å². The van der Waals surface area contributed by atoms with E-state index in [-0.39, 0.29) is 34.3 Å². The number of benzene rings is 2. The van der Waals surface area contributed by atoms with Crippen LogP contribution in [0.5, 0.6) is 5.75 Å². The first-order valence-electron chi connectivity index (χ1n) is 11.2. The van der Waals surface area contributed by atoms with Gasteiger partial charge in [0.15, 0.2) is 17.2 Å². The number of anilines is 1. The van der Waals surface area contributed by atoms with Crippen LogP contribution in [-0.2, 0) is 19.6 Å². The van der Waals surface area contributed by atoms with E-state index in [2.05, 4.69) is 25.5 Å². The topological polar surface area (TPSA) is 120 Å². The van der Waals surface area contributed by atoms with Crippen molar-refractivity contribution in [3.8, 4) is 5.75 Å². The Morgan fingerprint density at radius 3 is 2.49 bits per heavy atom. The van der Waals surface area contributed by atoms with Gasteiger partial charge in [-0.2, -0.15) is 15.2 Å². The lowest BCUT2D eigenvalue weighted by molar-refractivity contribution is 0.0684. The van der Waals surface area contributed by atoms with Crippen molar-refractivity contribution in [2.75, 3.05) is 12.4 Å². The number of nitrogens with zero attached hydrogens (tertiary/aromatic N) is 6. The number of methoxy groups -OCH3 is 1. The summed E-state index contributed by atoms with van der Waals surface area (Å²) in [7, 11) is 1.36. The zero-order valence-electron chi connectivity index (χ0n) is 19.6. The summed E-state index contributed by atoms with van der Waals surface area (Å²) in [6.45, 7) is 1.03. The fourth-order valence-corrected chi connectivity index (χ4v) is 4.06. The maximum Gasteiger partial charge on any atom is 0.374 e. The molecule has 2 aromatic carbocycles. The number of hydrogen-bond acceptors (Lipinski definition) is 7. The van der Waals surface area contributed by atoms with Crippen molar-refractivity contribution in [2.45, 2.75) is 19.6 Å². The van der Waals surface area contributed by atoms with E-state index in [4.69, 9.17) is 16.3 Å². The molecule has 0 spiro atoms. The van der Waals surface area contributed by atoms with Crippen LogP contribution in [0.1, 0.15) is 27.3 Å². The van der Waals surface area contributed by atoms with Gasteiger partial charge in [-0.05, 0) is 29.3 Å². The van der Waals surface area contributed by atoms with Crippen LogP contribution >= 0.6 is 11.6 Å². The van der Waals surface area contributed by atoms with E-state index in [0.717, 1.165) is 11.1 Å². The van der Waals surface area contributed by atoms with E-state index in [1.165, 1.54) is 19.2 Å². The monoisotopic (exact) mass is 521 g/mol. The molecule has 0 amide bonds. The molecule has 0 aliphatic carbocycles. The van der Waals surface area contributed by atoms with Gasteiger partial charge in [-0.15, -0.1) is 0 Å². The Morgan fingerprint density at radius 2 is 1.84 bits per heavy atom. The van der Waals surface area contributed by atoms with E-state index in [1.54, 1.807) is 17.1 Å². The highest BCUT2D eigenvalue weighted by molar-refractivity contribution is 6.31. The Balaban J connectivity index is 1.40. The number of aromatic nitrogens is 6. The maximum absolute atomic E-state index is 14.7. The third-order valence-electron chi connectivity index (χ3n) is 5.69. The zero-order chi connectivity index (χ0) is 25.9. The Kier molecular flexibility index (Phi) is 6.69. The fourth-order valence-electron chi connectivity index (χ4n) is 3.85. The number of fused-ring (bicyclic) bond motifs is 1. The maximum atomic E-state index is 14.7. The second kappa shape index (κ2) is 10.2. The summed E-state index contributed by atoms with van der Waals surface area (Å²) in [5.74, 6) is -2.11. The number of carbonyl (C=O) groups is 1. The van der Waals surface area contributed by atoms with Gasteiger partial charge in [-0.3, -0.25) is 9.36 Å². The zero-order valence-corrected chi connectivity index (χ0v) is 20.4. The third-order valence-corrected chi connectivity index (χ3v) is 6.05. The first-order chi connectivity index (χ1) is 17.9. The summed E-state index contributed by atoms with van der Waals surface area (Å²) in [6.07, 6.45) is 5.35. The number of carboxylic acids is 1. The number of aromatic carboxylic acids is 1. The van der Waals surface area contributed by atoms with Crippen LogP contribution in [0.25, 0.3) is 11.0 Å². The second-order valence-corrected chi connectivity index (χ2v) is 8.59. The van der Waals surface area contributed by atoms with Crippen LogP contribution in [-0.4, -0.2) is 47.7 Å². The number of halogens is 2. The molecule has 0 saturated heterocycles. The normalized spacial score (nSPS) is 11.1. The number of hydrogen-bond donors (Lipinski definition) is 2. The lowest BCUT2D eigenvalue weighted by Gasteiger charge is -2.11. The van der Waals surface area contributed by atoms with Gasteiger partial charge in [0.25, 0.3) is 0 Å². The minimum atomic E-state index is -1.31. The Bertz CT molecular complexity index is 1570.